The summed E-state index contributed by atoms with van der Waals surface area (Å²) in [5.74, 6) is 0. The first-order valence-electron chi connectivity index (χ1n) is 5.04. The lowest BCUT2D eigenvalue weighted by Gasteiger charge is -2.24. The SMILES string of the molecule is CCN(c1cccc(Cl)c1N)C1CC1. The van der Waals surface area contributed by atoms with Crippen molar-refractivity contribution in [3.8, 4) is 0 Å². The molecule has 1 aliphatic rings. The van der Waals surface area contributed by atoms with Crippen molar-refractivity contribution in [1.82, 2.24) is 0 Å². The van der Waals surface area contributed by atoms with Gasteiger partial charge < -0.3 is 10.6 Å². The Labute approximate surface area is 89.7 Å². The van der Waals surface area contributed by atoms with E-state index in [0.29, 0.717) is 16.8 Å². The van der Waals surface area contributed by atoms with E-state index in [9.17, 15) is 0 Å². The zero-order valence-electron chi connectivity index (χ0n) is 8.33. The zero-order chi connectivity index (χ0) is 10.1. The minimum Gasteiger partial charge on any atom is -0.396 e. The second kappa shape index (κ2) is 3.70. The third-order valence-corrected chi connectivity index (χ3v) is 3.00. The molecule has 0 spiro atoms. The van der Waals surface area contributed by atoms with Gasteiger partial charge in [-0.05, 0) is 31.9 Å². The lowest BCUT2D eigenvalue weighted by molar-refractivity contribution is 0.828. The van der Waals surface area contributed by atoms with Crippen molar-refractivity contribution >= 4 is 23.0 Å². The first-order chi connectivity index (χ1) is 6.74. The third kappa shape index (κ3) is 1.67. The number of para-hydroxylation sites is 1. The van der Waals surface area contributed by atoms with Gasteiger partial charge >= 0.3 is 0 Å². The van der Waals surface area contributed by atoms with Crippen molar-refractivity contribution < 1.29 is 0 Å². The fraction of sp³-hybridized carbons (Fsp3) is 0.455. The summed E-state index contributed by atoms with van der Waals surface area (Å²) in [7, 11) is 0. The van der Waals surface area contributed by atoms with Crippen LogP contribution in [0.15, 0.2) is 18.2 Å². The van der Waals surface area contributed by atoms with Crippen LogP contribution < -0.4 is 10.6 Å². The Morgan fingerprint density at radius 3 is 2.79 bits per heavy atom. The van der Waals surface area contributed by atoms with Crippen LogP contribution in [-0.2, 0) is 0 Å². The molecule has 14 heavy (non-hydrogen) atoms. The average Bonchev–Trinajstić information content (AvgIpc) is 2.97. The monoisotopic (exact) mass is 210 g/mol. The molecule has 0 amide bonds. The molecule has 2 nitrogen and oxygen atoms in total. The molecular weight excluding hydrogens is 196 g/mol. The van der Waals surface area contributed by atoms with Crippen molar-refractivity contribution in [2.75, 3.05) is 17.2 Å². The van der Waals surface area contributed by atoms with Crippen LogP contribution in [0.1, 0.15) is 19.8 Å². The molecule has 1 fully saturated rings. The van der Waals surface area contributed by atoms with Crippen LogP contribution in [0, 0.1) is 0 Å². The quantitative estimate of drug-likeness (QED) is 0.778. The predicted molar refractivity (Wildman–Crippen MR) is 61.9 cm³/mol. The van der Waals surface area contributed by atoms with Crippen LogP contribution in [0.25, 0.3) is 0 Å². The Bertz CT molecular complexity index is 334. The van der Waals surface area contributed by atoms with E-state index >= 15 is 0 Å². The molecule has 76 valence electrons. The van der Waals surface area contributed by atoms with Gasteiger partial charge in [-0.15, -0.1) is 0 Å². The van der Waals surface area contributed by atoms with Gasteiger partial charge in [-0.2, -0.15) is 0 Å². The van der Waals surface area contributed by atoms with Gasteiger partial charge in [0.15, 0.2) is 0 Å². The number of benzene rings is 1. The van der Waals surface area contributed by atoms with Crippen molar-refractivity contribution in [3.63, 3.8) is 0 Å². The summed E-state index contributed by atoms with van der Waals surface area (Å²) in [5, 5.41) is 0.654. The highest BCUT2D eigenvalue weighted by Crippen LogP contribution is 2.37. The Hall–Kier alpha value is -0.890. The van der Waals surface area contributed by atoms with Crippen molar-refractivity contribution in [2.45, 2.75) is 25.8 Å². The average molecular weight is 211 g/mol. The van der Waals surface area contributed by atoms with E-state index in [2.05, 4.69) is 11.8 Å². The first-order valence-corrected chi connectivity index (χ1v) is 5.42. The highest BCUT2D eigenvalue weighted by atomic mass is 35.5. The lowest BCUT2D eigenvalue weighted by atomic mass is 10.2. The Morgan fingerprint density at radius 2 is 2.21 bits per heavy atom. The van der Waals surface area contributed by atoms with Crippen LogP contribution >= 0.6 is 11.6 Å². The third-order valence-electron chi connectivity index (χ3n) is 2.67. The fourth-order valence-corrected chi connectivity index (χ4v) is 1.96. The van der Waals surface area contributed by atoms with Gasteiger partial charge in [-0.3, -0.25) is 0 Å². The van der Waals surface area contributed by atoms with E-state index in [1.54, 1.807) is 0 Å². The van der Waals surface area contributed by atoms with Crippen molar-refractivity contribution in [1.29, 1.82) is 0 Å². The first kappa shape index (κ1) is 9.66. The standard InChI is InChI=1S/C11H15ClN2/c1-2-14(8-6-7-8)10-5-3-4-9(12)11(10)13/h3-5,8H,2,6-7,13H2,1H3. The van der Waals surface area contributed by atoms with Crippen LogP contribution in [0.4, 0.5) is 11.4 Å². The molecule has 3 heteroatoms. The molecule has 0 bridgehead atoms. The largest absolute Gasteiger partial charge is 0.396 e. The number of rotatable bonds is 3. The molecule has 0 saturated heterocycles. The van der Waals surface area contributed by atoms with E-state index in [1.807, 2.05) is 18.2 Å². The number of anilines is 2. The molecule has 1 saturated carbocycles. The maximum Gasteiger partial charge on any atom is 0.0741 e. The predicted octanol–water partition coefficient (Wildman–Crippen LogP) is 2.91. The summed E-state index contributed by atoms with van der Waals surface area (Å²) in [6.45, 7) is 3.15. The van der Waals surface area contributed by atoms with Gasteiger partial charge in [0.1, 0.15) is 0 Å². The van der Waals surface area contributed by atoms with E-state index in [0.717, 1.165) is 12.2 Å². The molecular formula is C11H15ClN2. The number of nitrogen functional groups attached to an aromatic ring is 1. The molecule has 2 N–H and O–H groups in total. The minimum absolute atomic E-state index is 0.654. The van der Waals surface area contributed by atoms with Crippen molar-refractivity contribution in [2.24, 2.45) is 0 Å². The molecule has 0 atom stereocenters. The smallest absolute Gasteiger partial charge is 0.0741 e. The highest BCUT2D eigenvalue weighted by Gasteiger charge is 2.29. The number of nitrogens with zero attached hydrogens (tertiary/aromatic N) is 1. The van der Waals surface area contributed by atoms with Crippen molar-refractivity contribution in [3.05, 3.63) is 23.2 Å². The maximum atomic E-state index is 5.99. The molecule has 0 aromatic heterocycles. The lowest BCUT2D eigenvalue weighted by Crippen LogP contribution is -2.25. The van der Waals surface area contributed by atoms with E-state index < -0.39 is 0 Å². The van der Waals surface area contributed by atoms with Crippen LogP contribution in [0.2, 0.25) is 5.02 Å². The molecule has 0 heterocycles. The molecule has 0 unspecified atom stereocenters. The van der Waals surface area contributed by atoms with Gasteiger partial charge in [-0.25, -0.2) is 0 Å². The van der Waals surface area contributed by atoms with E-state index in [4.69, 9.17) is 17.3 Å². The van der Waals surface area contributed by atoms with Gasteiger partial charge in [-0.1, -0.05) is 17.7 Å². The number of hydrogen-bond acceptors (Lipinski definition) is 2. The number of nitrogens with two attached hydrogens (primary N) is 1. The van der Waals surface area contributed by atoms with E-state index in [1.165, 1.54) is 12.8 Å². The Morgan fingerprint density at radius 1 is 1.50 bits per heavy atom. The fourth-order valence-electron chi connectivity index (χ4n) is 1.79. The minimum atomic E-state index is 0.654. The second-order valence-electron chi connectivity index (χ2n) is 3.69. The van der Waals surface area contributed by atoms with Crippen LogP contribution in [-0.4, -0.2) is 12.6 Å². The van der Waals surface area contributed by atoms with Gasteiger partial charge in [0.2, 0.25) is 0 Å². The normalized spacial score (nSPS) is 15.6. The maximum absolute atomic E-state index is 5.99. The highest BCUT2D eigenvalue weighted by molar-refractivity contribution is 6.33. The zero-order valence-corrected chi connectivity index (χ0v) is 9.09. The molecule has 0 radical (unpaired) electrons. The van der Waals surface area contributed by atoms with E-state index in [-0.39, 0.29) is 0 Å². The topological polar surface area (TPSA) is 29.3 Å². The Balaban J connectivity index is 2.33. The number of halogens is 1. The van der Waals surface area contributed by atoms with Gasteiger partial charge in [0.25, 0.3) is 0 Å². The summed E-state index contributed by atoms with van der Waals surface area (Å²) in [6.07, 6.45) is 2.56. The Kier molecular flexibility index (Phi) is 2.55. The van der Waals surface area contributed by atoms with Crippen LogP contribution in [0.5, 0.6) is 0 Å². The van der Waals surface area contributed by atoms with Gasteiger partial charge in [0, 0.05) is 12.6 Å². The molecule has 1 aliphatic carbocycles. The summed E-state index contributed by atoms with van der Waals surface area (Å²) < 4.78 is 0. The number of hydrogen-bond donors (Lipinski definition) is 1. The molecule has 1 aromatic rings. The van der Waals surface area contributed by atoms with Crippen LogP contribution in [0.3, 0.4) is 0 Å². The summed E-state index contributed by atoms with van der Waals surface area (Å²) in [4.78, 5) is 2.33. The summed E-state index contributed by atoms with van der Waals surface area (Å²) >= 11 is 5.99. The van der Waals surface area contributed by atoms with Gasteiger partial charge in [0.05, 0.1) is 16.4 Å². The second-order valence-corrected chi connectivity index (χ2v) is 4.10. The molecule has 0 aliphatic heterocycles. The molecule has 2 rings (SSSR count). The summed E-state index contributed by atoms with van der Waals surface area (Å²) in [6, 6.07) is 6.52. The molecule has 1 aromatic carbocycles. The summed E-state index contributed by atoms with van der Waals surface area (Å²) in [5.41, 5.74) is 7.75.